The van der Waals surface area contributed by atoms with Crippen LogP contribution in [0.2, 0.25) is 0 Å². The summed E-state index contributed by atoms with van der Waals surface area (Å²) in [6, 6.07) is 1.49. The first kappa shape index (κ1) is 12.1. The number of amides is 1. The van der Waals surface area contributed by atoms with Gasteiger partial charge < -0.3 is 15.0 Å². The number of aryl methyl sites for hydroxylation is 1. The highest BCUT2D eigenvalue weighted by molar-refractivity contribution is 5.96. The number of hydrogen-bond donors (Lipinski definition) is 2. The lowest BCUT2D eigenvalue weighted by molar-refractivity contribution is 0.0950. The average Bonchev–Trinajstić information content (AvgIpc) is 2.88. The van der Waals surface area contributed by atoms with Crippen LogP contribution in [0.25, 0.3) is 0 Å². The van der Waals surface area contributed by atoms with Gasteiger partial charge in [0.1, 0.15) is 5.75 Å². The molecule has 0 radical (unpaired) electrons. The van der Waals surface area contributed by atoms with Crippen LogP contribution in [0.3, 0.4) is 0 Å². The summed E-state index contributed by atoms with van der Waals surface area (Å²) in [5, 5.41) is 12.2. The minimum Gasteiger partial charge on any atom is -0.505 e. The van der Waals surface area contributed by atoms with Gasteiger partial charge in [0.2, 0.25) is 0 Å². The van der Waals surface area contributed by atoms with Gasteiger partial charge in [-0.2, -0.15) is 0 Å². The number of nitrogens with one attached hydrogen (secondary N) is 1. The molecule has 0 atom stereocenters. The number of imidazole rings is 1. The van der Waals surface area contributed by atoms with Gasteiger partial charge in [0.15, 0.2) is 0 Å². The Balaban J connectivity index is 1.77. The first-order valence-corrected chi connectivity index (χ1v) is 5.64. The third kappa shape index (κ3) is 3.07. The Morgan fingerprint density at radius 3 is 3.00 bits per heavy atom. The highest BCUT2D eigenvalue weighted by Crippen LogP contribution is 2.13. The average molecular weight is 246 g/mol. The highest BCUT2D eigenvalue weighted by Gasteiger charge is 2.09. The van der Waals surface area contributed by atoms with Crippen molar-refractivity contribution in [3.05, 3.63) is 42.7 Å². The first-order valence-electron chi connectivity index (χ1n) is 5.64. The second-order valence-electron chi connectivity index (χ2n) is 3.80. The summed E-state index contributed by atoms with van der Waals surface area (Å²) < 4.78 is 1.94. The maximum atomic E-state index is 11.7. The highest BCUT2D eigenvalue weighted by atomic mass is 16.3. The molecule has 0 aliphatic rings. The van der Waals surface area contributed by atoms with Crippen LogP contribution in [-0.2, 0) is 6.54 Å². The van der Waals surface area contributed by atoms with Crippen LogP contribution in [-0.4, -0.2) is 32.1 Å². The zero-order valence-electron chi connectivity index (χ0n) is 9.78. The summed E-state index contributed by atoms with van der Waals surface area (Å²) in [5.74, 6) is -0.398. The summed E-state index contributed by atoms with van der Waals surface area (Å²) in [6.45, 7) is 1.33. The summed E-state index contributed by atoms with van der Waals surface area (Å²) in [5.41, 5.74) is 0.243. The van der Waals surface area contributed by atoms with E-state index in [1.807, 2.05) is 10.8 Å². The van der Waals surface area contributed by atoms with Gasteiger partial charge in [-0.25, -0.2) is 4.98 Å². The third-order valence-electron chi connectivity index (χ3n) is 2.48. The molecule has 1 amide bonds. The standard InChI is InChI=1S/C12H14N4O2/c17-11-8-13-4-2-10(11)12(18)15-3-1-6-16-7-5-14-9-16/h2,4-5,7-9,17H,1,3,6H2,(H,15,18). The normalized spacial score (nSPS) is 10.2. The van der Waals surface area contributed by atoms with Gasteiger partial charge in [0, 0.05) is 31.7 Å². The molecule has 0 aliphatic heterocycles. The minimum atomic E-state index is -0.291. The van der Waals surface area contributed by atoms with E-state index in [4.69, 9.17) is 0 Å². The van der Waals surface area contributed by atoms with E-state index in [1.54, 1.807) is 12.5 Å². The van der Waals surface area contributed by atoms with Crippen molar-refractivity contribution in [1.82, 2.24) is 19.9 Å². The lowest BCUT2D eigenvalue weighted by Gasteiger charge is -2.06. The number of pyridine rings is 1. The molecule has 0 fully saturated rings. The maximum Gasteiger partial charge on any atom is 0.255 e. The number of rotatable bonds is 5. The number of hydrogen-bond acceptors (Lipinski definition) is 4. The molecule has 0 saturated carbocycles. The van der Waals surface area contributed by atoms with E-state index >= 15 is 0 Å². The van der Waals surface area contributed by atoms with E-state index in [2.05, 4.69) is 15.3 Å². The molecular weight excluding hydrogens is 232 g/mol. The van der Waals surface area contributed by atoms with Crippen molar-refractivity contribution in [2.45, 2.75) is 13.0 Å². The summed E-state index contributed by atoms with van der Waals surface area (Å²) >= 11 is 0. The van der Waals surface area contributed by atoms with Crippen molar-refractivity contribution in [2.24, 2.45) is 0 Å². The van der Waals surface area contributed by atoms with Crippen molar-refractivity contribution < 1.29 is 9.90 Å². The summed E-state index contributed by atoms with van der Waals surface area (Å²) in [6.07, 6.45) is 8.84. The maximum absolute atomic E-state index is 11.7. The molecule has 2 heterocycles. The molecule has 2 aromatic rings. The van der Waals surface area contributed by atoms with Crippen molar-refractivity contribution in [3.63, 3.8) is 0 Å². The Hall–Kier alpha value is -2.37. The fraction of sp³-hybridized carbons (Fsp3) is 0.250. The van der Waals surface area contributed by atoms with E-state index in [9.17, 15) is 9.90 Å². The Morgan fingerprint density at radius 2 is 2.28 bits per heavy atom. The first-order chi connectivity index (χ1) is 8.77. The summed E-state index contributed by atoms with van der Waals surface area (Å²) in [4.78, 5) is 19.4. The van der Waals surface area contributed by atoms with E-state index < -0.39 is 0 Å². The van der Waals surface area contributed by atoms with Crippen molar-refractivity contribution >= 4 is 5.91 Å². The van der Waals surface area contributed by atoms with Crippen molar-refractivity contribution in [1.29, 1.82) is 0 Å². The van der Waals surface area contributed by atoms with Crippen molar-refractivity contribution in [2.75, 3.05) is 6.54 Å². The molecule has 94 valence electrons. The Labute approximate surface area is 104 Å². The van der Waals surface area contributed by atoms with Crippen LogP contribution < -0.4 is 5.32 Å². The second-order valence-corrected chi connectivity index (χ2v) is 3.80. The Kier molecular flexibility index (Phi) is 3.90. The predicted molar refractivity (Wildman–Crippen MR) is 65.1 cm³/mol. The lowest BCUT2D eigenvalue weighted by atomic mass is 10.2. The molecule has 2 rings (SSSR count). The van der Waals surface area contributed by atoms with Gasteiger partial charge in [-0.3, -0.25) is 9.78 Å². The Bertz CT molecular complexity index is 511. The van der Waals surface area contributed by atoms with Crippen molar-refractivity contribution in [3.8, 4) is 5.75 Å². The fourth-order valence-electron chi connectivity index (χ4n) is 1.56. The van der Waals surface area contributed by atoms with E-state index in [0.29, 0.717) is 6.54 Å². The molecule has 0 unspecified atom stereocenters. The molecule has 0 spiro atoms. The lowest BCUT2D eigenvalue weighted by Crippen LogP contribution is -2.25. The minimum absolute atomic E-state index is 0.107. The molecule has 2 aromatic heterocycles. The molecule has 0 bridgehead atoms. The number of carbonyl (C=O) groups excluding carboxylic acids is 1. The number of aromatic hydroxyl groups is 1. The number of carbonyl (C=O) groups is 1. The largest absolute Gasteiger partial charge is 0.505 e. The molecule has 18 heavy (non-hydrogen) atoms. The quantitative estimate of drug-likeness (QED) is 0.765. The van der Waals surface area contributed by atoms with Gasteiger partial charge in [-0.05, 0) is 12.5 Å². The van der Waals surface area contributed by atoms with E-state index in [-0.39, 0.29) is 17.2 Å². The SMILES string of the molecule is O=C(NCCCn1ccnc1)c1ccncc1O. The number of aromatic nitrogens is 3. The molecule has 6 nitrogen and oxygen atoms in total. The molecular formula is C12H14N4O2. The molecule has 0 aliphatic carbocycles. The zero-order chi connectivity index (χ0) is 12.8. The van der Waals surface area contributed by atoms with Crippen LogP contribution in [0.4, 0.5) is 0 Å². The van der Waals surface area contributed by atoms with Crippen LogP contribution >= 0.6 is 0 Å². The molecule has 6 heteroatoms. The second kappa shape index (κ2) is 5.81. The monoisotopic (exact) mass is 246 g/mol. The van der Waals surface area contributed by atoms with Gasteiger partial charge in [0.05, 0.1) is 18.1 Å². The molecule has 0 saturated heterocycles. The zero-order valence-corrected chi connectivity index (χ0v) is 9.78. The Morgan fingerprint density at radius 1 is 1.39 bits per heavy atom. The number of nitrogens with zero attached hydrogens (tertiary/aromatic N) is 3. The predicted octanol–water partition coefficient (Wildman–Crippen LogP) is 0.804. The van der Waals surface area contributed by atoms with Gasteiger partial charge in [-0.15, -0.1) is 0 Å². The van der Waals surface area contributed by atoms with Crippen LogP contribution in [0.1, 0.15) is 16.8 Å². The molecule has 0 aromatic carbocycles. The fourth-order valence-corrected chi connectivity index (χ4v) is 1.56. The van der Waals surface area contributed by atoms with Crippen LogP contribution in [0, 0.1) is 0 Å². The van der Waals surface area contributed by atoms with Gasteiger partial charge >= 0.3 is 0 Å². The smallest absolute Gasteiger partial charge is 0.255 e. The molecule has 2 N–H and O–H groups in total. The van der Waals surface area contributed by atoms with E-state index in [0.717, 1.165) is 13.0 Å². The van der Waals surface area contributed by atoms with Gasteiger partial charge in [0.25, 0.3) is 5.91 Å². The van der Waals surface area contributed by atoms with E-state index in [1.165, 1.54) is 18.5 Å². The van der Waals surface area contributed by atoms with Crippen LogP contribution in [0.15, 0.2) is 37.2 Å². The van der Waals surface area contributed by atoms with Crippen LogP contribution in [0.5, 0.6) is 5.75 Å². The summed E-state index contributed by atoms with van der Waals surface area (Å²) in [7, 11) is 0. The topological polar surface area (TPSA) is 80.0 Å². The van der Waals surface area contributed by atoms with Gasteiger partial charge in [-0.1, -0.05) is 0 Å². The third-order valence-corrected chi connectivity index (χ3v) is 2.48.